The van der Waals surface area contributed by atoms with E-state index in [1.807, 2.05) is 18.2 Å². The van der Waals surface area contributed by atoms with Gasteiger partial charge in [0, 0.05) is 26.6 Å². The smallest absolute Gasteiger partial charge is 0.256 e. The summed E-state index contributed by atoms with van der Waals surface area (Å²) in [7, 11) is 0. The number of anilines is 1. The predicted molar refractivity (Wildman–Crippen MR) is 116 cm³/mol. The molecule has 8 heteroatoms. The number of halogens is 2. The van der Waals surface area contributed by atoms with E-state index in [4.69, 9.17) is 27.9 Å². The van der Waals surface area contributed by atoms with Crippen molar-refractivity contribution in [1.29, 1.82) is 5.26 Å². The van der Waals surface area contributed by atoms with Crippen LogP contribution >= 0.6 is 23.2 Å². The van der Waals surface area contributed by atoms with Crippen LogP contribution in [0.25, 0.3) is 10.9 Å². The fourth-order valence-corrected chi connectivity index (χ4v) is 3.49. The van der Waals surface area contributed by atoms with Gasteiger partial charge in [-0.2, -0.15) is 10.4 Å². The maximum Gasteiger partial charge on any atom is 0.256 e. The Bertz CT molecular complexity index is 1270. The van der Waals surface area contributed by atoms with Crippen molar-refractivity contribution in [2.45, 2.75) is 6.61 Å². The largest absolute Gasteiger partial charge is 0.489 e. The first-order valence-corrected chi connectivity index (χ1v) is 9.65. The number of aromatic nitrogens is 2. The zero-order valence-corrected chi connectivity index (χ0v) is 17.0. The van der Waals surface area contributed by atoms with Crippen LogP contribution in [-0.2, 0) is 6.61 Å². The molecule has 148 valence electrons. The number of H-pyrrole nitrogens is 1. The highest BCUT2D eigenvalue weighted by molar-refractivity contribution is 6.35. The SMILES string of the molecule is N#Cc1ccccc1COc1ccc2[nH]nc(NC(=O)c3cc(Cl)cc(Cl)c3)c2c1. The Kier molecular flexibility index (Phi) is 5.57. The number of nitrogens with zero attached hydrogens (tertiary/aromatic N) is 2. The molecule has 0 bridgehead atoms. The van der Waals surface area contributed by atoms with Crippen LogP contribution in [0.2, 0.25) is 10.0 Å². The quantitative estimate of drug-likeness (QED) is 0.427. The molecule has 0 aliphatic carbocycles. The van der Waals surface area contributed by atoms with E-state index < -0.39 is 0 Å². The van der Waals surface area contributed by atoms with E-state index in [1.54, 1.807) is 30.3 Å². The van der Waals surface area contributed by atoms with Gasteiger partial charge in [-0.25, -0.2) is 0 Å². The molecule has 0 fully saturated rings. The van der Waals surface area contributed by atoms with Gasteiger partial charge in [-0.3, -0.25) is 9.89 Å². The van der Waals surface area contributed by atoms with Crippen molar-refractivity contribution in [1.82, 2.24) is 10.2 Å². The molecule has 0 unspecified atom stereocenters. The first-order valence-electron chi connectivity index (χ1n) is 8.90. The number of fused-ring (bicyclic) bond motifs is 1. The fourth-order valence-electron chi connectivity index (χ4n) is 2.96. The van der Waals surface area contributed by atoms with Crippen LogP contribution in [-0.4, -0.2) is 16.1 Å². The number of rotatable bonds is 5. The normalized spacial score (nSPS) is 10.6. The highest BCUT2D eigenvalue weighted by Crippen LogP contribution is 2.27. The van der Waals surface area contributed by atoms with Crippen molar-refractivity contribution in [2.24, 2.45) is 0 Å². The molecular formula is C22H14Cl2N4O2. The standard InChI is InChI=1S/C22H14Cl2N4O2/c23-16-7-15(8-17(24)9-16)22(29)26-21-19-10-18(5-6-20(19)27-28-21)30-12-14-4-2-1-3-13(14)11-25/h1-10H,12H2,(H2,26,27,28,29). The van der Waals surface area contributed by atoms with E-state index in [-0.39, 0.29) is 12.5 Å². The summed E-state index contributed by atoms with van der Waals surface area (Å²) in [4.78, 5) is 12.6. The zero-order chi connectivity index (χ0) is 21.1. The average Bonchev–Trinajstić information content (AvgIpc) is 3.13. The Morgan fingerprint density at radius 1 is 1.10 bits per heavy atom. The van der Waals surface area contributed by atoms with Gasteiger partial charge in [-0.1, -0.05) is 41.4 Å². The molecule has 0 saturated carbocycles. The fraction of sp³-hybridized carbons (Fsp3) is 0.0455. The van der Waals surface area contributed by atoms with E-state index in [2.05, 4.69) is 21.6 Å². The third-order valence-electron chi connectivity index (χ3n) is 4.42. The van der Waals surface area contributed by atoms with Gasteiger partial charge in [0.05, 0.1) is 17.1 Å². The van der Waals surface area contributed by atoms with E-state index >= 15 is 0 Å². The van der Waals surface area contributed by atoms with Crippen LogP contribution in [0.15, 0.2) is 60.7 Å². The number of nitrogens with one attached hydrogen (secondary N) is 2. The van der Waals surface area contributed by atoms with Crippen molar-refractivity contribution in [2.75, 3.05) is 5.32 Å². The molecule has 1 aromatic heterocycles. The van der Waals surface area contributed by atoms with Crippen LogP contribution in [0.5, 0.6) is 5.75 Å². The molecule has 0 saturated heterocycles. The lowest BCUT2D eigenvalue weighted by Crippen LogP contribution is -2.12. The Morgan fingerprint density at radius 2 is 1.87 bits per heavy atom. The number of carbonyl (C=O) groups is 1. The topological polar surface area (TPSA) is 90.8 Å². The molecule has 0 radical (unpaired) electrons. The summed E-state index contributed by atoms with van der Waals surface area (Å²) in [6, 6.07) is 19.4. The van der Waals surface area contributed by atoms with Crippen molar-refractivity contribution < 1.29 is 9.53 Å². The molecule has 2 N–H and O–H groups in total. The second kappa shape index (κ2) is 8.46. The lowest BCUT2D eigenvalue weighted by Gasteiger charge is -2.08. The van der Waals surface area contributed by atoms with Crippen LogP contribution in [0.3, 0.4) is 0 Å². The Morgan fingerprint density at radius 3 is 2.63 bits per heavy atom. The average molecular weight is 437 g/mol. The summed E-state index contributed by atoms with van der Waals surface area (Å²) in [6.45, 7) is 0.246. The van der Waals surface area contributed by atoms with Gasteiger partial charge in [0.1, 0.15) is 12.4 Å². The molecular weight excluding hydrogens is 423 g/mol. The predicted octanol–water partition coefficient (Wildman–Crippen LogP) is 5.57. The minimum atomic E-state index is -0.387. The van der Waals surface area contributed by atoms with Crippen molar-refractivity contribution in [3.05, 3.63) is 87.4 Å². The lowest BCUT2D eigenvalue weighted by atomic mass is 10.1. The monoisotopic (exact) mass is 436 g/mol. The van der Waals surface area contributed by atoms with Gasteiger partial charge < -0.3 is 10.1 Å². The van der Waals surface area contributed by atoms with Crippen molar-refractivity contribution in [3.63, 3.8) is 0 Å². The summed E-state index contributed by atoms with van der Waals surface area (Å²) >= 11 is 12.0. The minimum absolute atomic E-state index is 0.246. The molecule has 0 aliphatic heterocycles. The molecule has 1 amide bonds. The van der Waals surface area contributed by atoms with E-state index in [0.29, 0.717) is 38.1 Å². The summed E-state index contributed by atoms with van der Waals surface area (Å²) in [5.41, 5.74) is 2.41. The third kappa shape index (κ3) is 4.23. The van der Waals surface area contributed by atoms with Crippen LogP contribution < -0.4 is 10.1 Å². The van der Waals surface area contributed by atoms with Gasteiger partial charge in [0.2, 0.25) is 0 Å². The van der Waals surface area contributed by atoms with Crippen molar-refractivity contribution in [3.8, 4) is 11.8 Å². The number of hydrogen-bond donors (Lipinski definition) is 2. The summed E-state index contributed by atoms with van der Waals surface area (Å²) < 4.78 is 5.85. The first-order chi connectivity index (χ1) is 14.5. The molecule has 0 aliphatic rings. The van der Waals surface area contributed by atoms with Crippen LogP contribution in [0, 0.1) is 11.3 Å². The maximum absolute atomic E-state index is 12.6. The van der Waals surface area contributed by atoms with E-state index in [1.165, 1.54) is 12.1 Å². The van der Waals surface area contributed by atoms with Crippen LogP contribution in [0.1, 0.15) is 21.5 Å². The second-order valence-corrected chi connectivity index (χ2v) is 7.32. The molecule has 6 nitrogen and oxygen atoms in total. The molecule has 4 aromatic rings. The number of nitriles is 1. The van der Waals surface area contributed by atoms with Gasteiger partial charge in [-0.05, 0) is 42.5 Å². The number of carbonyl (C=O) groups excluding carboxylic acids is 1. The first kappa shape index (κ1) is 19.8. The van der Waals surface area contributed by atoms with Crippen LogP contribution in [0.4, 0.5) is 5.82 Å². The maximum atomic E-state index is 12.6. The number of benzene rings is 3. The number of ether oxygens (including phenoxy) is 1. The molecule has 3 aromatic carbocycles. The number of amides is 1. The summed E-state index contributed by atoms with van der Waals surface area (Å²) in [5, 5.41) is 20.4. The Labute approximate surface area is 182 Å². The molecule has 0 atom stereocenters. The highest BCUT2D eigenvalue weighted by atomic mass is 35.5. The van der Waals surface area contributed by atoms with Crippen molar-refractivity contribution >= 4 is 45.8 Å². The molecule has 4 rings (SSSR count). The Hall–Kier alpha value is -3.53. The number of hydrogen-bond acceptors (Lipinski definition) is 4. The number of aromatic amines is 1. The molecule has 30 heavy (non-hydrogen) atoms. The van der Waals surface area contributed by atoms with Gasteiger partial charge in [0.15, 0.2) is 5.82 Å². The van der Waals surface area contributed by atoms with Gasteiger partial charge in [0.25, 0.3) is 5.91 Å². The zero-order valence-electron chi connectivity index (χ0n) is 15.4. The van der Waals surface area contributed by atoms with E-state index in [0.717, 1.165) is 11.1 Å². The van der Waals surface area contributed by atoms with Gasteiger partial charge >= 0.3 is 0 Å². The minimum Gasteiger partial charge on any atom is -0.489 e. The molecule has 1 heterocycles. The summed E-state index contributed by atoms with van der Waals surface area (Å²) in [5.74, 6) is 0.550. The lowest BCUT2D eigenvalue weighted by molar-refractivity contribution is 0.102. The Balaban J connectivity index is 1.55. The summed E-state index contributed by atoms with van der Waals surface area (Å²) in [6.07, 6.45) is 0. The third-order valence-corrected chi connectivity index (χ3v) is 4.86. The molecule has 0 spiro atoms. The van der Waals surface area contributed by atoms with E-state index in [9.17, 15) is 10.1 Å². The second-order valence-electron chi connectivity index (χ2n) is 6.45. The highest BCUT2D eigenvalue weighted by Gasteiger charge is 2.13. The van der Waals surface area contributed by atoms with Gasteiger partial charge in [-0.15, -0.1) is 0 Å².